The third kappa shape index (κ3) is 3.48. The molecule has 0 atom stereocenters. The lowest BCUT2D eigenvalue weighted by molar-refractivity contribution is -0.113. The topological polar surface area (TPSA) is 92.3 Å². The van der Waals surface area contributed by atoms with Crippen LogP contribution in [0.4, 0.5) is 11.5 Å². The quantitative estimate of drug-likeness (QED) is 0.825. The van der Waals surface area contributed by atoms with Gasteiger partial charge in [0.2, 0.25) is 15.7 Å². The van der Waals surface area contributed by atoms with Crippen molar-refractivity contribution in [1.82, 2.24) is 9.97 Å². The van der Waals surface area contributed by atoms with E-state index >= 15 is 0 Å². The van der Waals surface area contributed by atoms with Crippen molar-refractivity contribution in [1.29, 1.82) is 0 Å². The van der Waals surface area contributed by atoms with Crippen molar-refractivity contribution < 1.29 is 13.2 Å². The van der Waals surface area contributed by atoms with Gasteiger partial charge in [-0.25, -0.2) is 18.4 Å². The van der Waals surface area contributed by atoms with Gasteiger partial charge in [0.15, 0.2) is 5.03 Å². The molecule has 0 fully saturated rings. The zero-order valence-corrected chi connectivity index (χ0v) is 17.0. The normalized spacial score (nSPS) is 15.2. The van der Waals surface area contributed by atoms with Gasteiger partial charge in [-0.3, -0.25) is 4.79 Å². The van der Waals surface area contributed by atoms with Crippen LogP contribution in [0.15, 0.2) is 23.5 Å². The van der Waals surface area contributed by atoms with E-state index in [1.807, 2.05) is 0 Å². The van der Waals surface area contributed by atoms with E-state index in [2.05, 4.69) is 21.4 Å². The van der Waals surface area contributed by atoms with Crippen molar-refractivity contribution in [3.63, 3.8) is 0 Å². The van der Waals surface area contributed by atoms with Crippen LogP contribution >= 0.6 is 0 Å². The smallest absolute Gasteiger partial charge is 0.240 e. The summed E-state index contributed by atoms with van der Waals surface area (Å²) in [4.78, 5) is 22.4. The summed E-state index contributed by atoms with van der Waals surface area (Å²) in [5.41, 5.74) is 5.81. The van der Waals surface area contributed by atoms with Crippen LogP contribution in [-0.2, 0) is 40.3 Å². The highest BCUT2D eigenvalue weighted by atomic mass is 32.2. The maximum absolute atomic E-state index is 12.6. The number of amides is 1. The molecule has 1 amide bonds. The molecule has 1 aromatic carbocycles. The number of carbonyl (C=O) groups excluding carboxylic acids is 1. The fourth-order valence-corrected chi connectivity index (χ4v) is 5.08. The van der Waals surface area contributed by atoms with Gasteiger partial charge in [-0.1, -0.05) is 6.07 Å². The SMILES string of the molecule is CN(C)c1cnc(S(=O)(=O)CC(=O)Nc2c3c(cc4c2CCC4)CCC3)cn1. The van der Waals surface area contributed by atoms with Crippen LogP contribution in [0, 0.1) is 0 Å². The Hall–Kier alpha value is -2.48. The number of hydrogen-bond donors (Lipinski definition) is 1. The zero-order chi connectivity index (χ0) is 19.9. The maximum Gasteiger partial charge on any atom is 0.240 e. The molecule has 1 heterocycles. The van der Waals surface area contributed by atoms with Crippen LogP contribution in [0.3, 0.4) is 0 Å². The second-order valence-corrected chi connectivity index (χ2v) is 9.58. The number of aromatic nitrogens is 2. The predicted molar refractivity (Wildman–Crippen MR) is 108 cm³/mol. The van der Waals surface area contributed by atoms with Crippen molar-refractivity contribution in [2.45, 2.75) is 43.6 Å². The number of carbonyl (C=O) groups is 1. The largest absolute Gasteiger partial charge is 0.361 e. The summed E-state index contributed by atoms with van der Waals surface area (Å²) in [7, 11) is -0.266. The summed E-state index contributed by atoms with van der Waals surface area (Å²) < 4.78 is 25.2. The molecule has 0 saturated heterocycles. The lowest BCUT2D eigenvalue weighted by Crippen LogP contribution is -2.25. The third-order valence-electron chi connectivity index (χ3n) is 5.45. The van der Waals surface area contributed by atoms with Crippen LogP contribution < -0.4 is 10.2 Å². The highest BCUT2D eigenvalue weighted by Gasteiger charge is 2.27. The standard InChI is InChI=1S/C20H24N4O3S/c1-24(2)17-10-22-19(11-21-17)28(26,27)12-18(25)23-20-15-7-3-5-13(15)9-14-6-4-8-16(14)20/h9-11H,3-8,12H2,1-2H3,(H,23,25). The number of aryl methyl sites for hydroxylation is 2. The minimum Gasteiger partial charge on any atom is -0.361 e. The molecule has 28 heavy (non-hydrogen) atoms. The summed E-state index contributed by atoms with van der Waals surface area (Å²) in [6.45, 7) is 0. The molecule has 2 aliphatic rings. The fraction of sp³-hybridized carbons (Fsp3) is 0.450. The van der Waals surface area contributed by atoms with E-state index in [0.717, 1.165) is 44.2 Å². The van der Waals surface area contributed by atoms with Gasteiger partial charge >= 0.3 is 0 Å². The number of benzene rings is 1. The van der Waals surface area contributed by atoms with E-state index in [1.54, 1.807) is 19.0 Å². The van der Waals surface area contributed by atoms with E-state index in [1.165, 1.54) is 34.6 Å². The lowest BCUT2D eigenvalue weighted by atomic mass is 9.98. The molecule has 1 aromatic heterocycles. The molecule has 0 spiro atoms. The highest BCUT2D eigenvalue weighted by molar-refractivity contribution is 7.92. The van der Waals surface area contributed by atoms with Crippen LogP contribution in [0.1, 0.15) is 35.1 Å². The molecule has 0 radical (unpaired) electrons. The predicted octanol–water partition coefficient (Wildman–Crippen LogP) is 1.93. The Bertz CT molecular complexity index is 998. The molecule has 148 valence electrons. The van der Waals surface area contributed by atoms with E-state index in [0.29, 0.717) is 5.82 Å². The number of sulfone groups is 1. The highest BCUT2D eigenvalue weighted by Crippen LogP contribution is 2.38. The first-order valence-corrected chi connectivity index (χ1v) is 11.2. The average Bonchev–Trinajstić information content (AvgIpc) is 3.30. The van der Waals surface area contributed by atoms with Gasteiger partial charge in [0.25, 0.3) is 0 Å². The summed E-state index contributed by atoms with van der Waals surface area (Å²) in [6.07, 6.45) is 8.66. The Kier molecular flexibility index (Phi) is 4.82. The second-order valence-electron chi connectivity index (χ2n) is 7.65. The molecule has 0 unspecified atom stereocenters. The summed E-state index contributed by atoms with van der Waals surface area (Å²) in [5, 5.41) is 2.74. The lowest BCUT2D eigenvalue weighted by Gasteiger charge is -2.16. The van der Waals surface area contributed by atoms with Crippen molar-refractivity contribution in [3.05, 3.63) is 40.7 Å². The molecule has 0 bridgehead atoms. The molecular formula is C20H24N4O3S. The van der Waals surface area contributed by atoms with E-state index < -0.39 is 21.5 Å². The Labute approximate surface area is 165 Å². The Morgan fingerprint density at radius 2 is 1.68 bits per heavy atom. The summed E-state index contributed by atoms with van der Waals surface area (Å²) >= 11 is 0. The monoisotopic (exact) mass is 400 g/mol. The Balaban J connectivity index is 1.55. The molecule has 0 saturated carbocycles. The third-order valence-corrected chi connectivity index (χ3v) is 6.94. The van der Waals surface area contributed by atoms with Gasteiger partial charge in [0.1, 0.15) is 11.6 Å². The fourth-order valence-electron chi connectivity index (χ4n) is 4.09. The van der Waals surface area contributed by atoms with Crippen molar-refractivity contribution in [3.8, 4) is 0 Å². The first-order valence-electron chi connectivity index (χ1n) is 9.53. The van der Waals surface area contributed by atoms with Crippen molar-refractivity contribution in [2.75, 3.05) is 30.1 Å². The van der Waals surface area contributed by atoms with Crippen LogP contribution in [0.5, 0.6) is 0 Å². The van der Waals surface area contributed by atoms with Crippen LogP contribution in [0.2, 0.25) is 0 Å². The summed E-state index contributed by atoms with van der Waals surface area (Å²) in [6, 6.07) is 2.28. The van der Waals surface area contributed by atoms with Gasteiger partial charge in [-0.2, -0.15) is 0 Å². The van der Waals surface area contributed by atoms with E-state index in [-0.39, 0.29) is 5.03 Å². The minimum absolute atomic E-state index is 0.184. The molecule has 2 aliphatic carbocycles. The number of hydrogen-bond acceptors (Lipinski definition) is 6. The maximum atomic E-state index is 12.6. The molecule has 7 nitrogen and oxygen atoms in total. The molecule has 2 aromatic rings. The Morgan fingerprint density at radius 3 is 2.21 bits per heavy atom. The minimum atomic E-state index is -3.85. The average molecular weight is 401 g/mol. The number of fused-ring (bicyclic) bond motifs is 2. The number of anilines is 2. The Morgan fingerprint density at radius 1 is 1.04 bits per heavy atom. The zero-order valence-electron chi connectivity index (χ0n) is 16.2. The molecular weight excluding hydrogens is 376 g/mol. The van der Waals surface area contributed by atoms with Gasteiger partial charge in [-0.15, -0.1) is 0 Å². The second kappa shape index (κ2) is 7.16. The first kappa shape index (κ1) is 18.9. The van der Waals surface area contributed by atoms with E-state index in [9.17, 15) is 13.2 Å². The van der Waals surface area contributed by atoms with Gasteiger partial charge < -0.3 is 10.2 Å². The number of nitrogens with one attached hydrogen (secondary N) is 1. The number of rotatable bonds is 5. The van der Waals surface area contributed by atoms with E-state index in [4.69, 9.17) is 0 Å². The molecule has 0 aliphatic heterocycles. The van der Waals surface area contributed by atoms with Crippen molar-refractivity contribution in [2.24, 2.45) is 0 Å². The molecule has 8 heteroatoms. The van der Waals surface area contributed by atoms with Gasteiger partial charge in [0.05, 0.1) is 12.4 Å². The van der Waals surface area contributed by atoms with Crippen LogP contribution in [0.25, 0.3) is 0 Å². The van der Waals surface area contributed by atoms with Crippen LogP contribution in [-0.4, -0.2) is 44.1 Å². The molecule has 4 rings (SSSR count). The van der Waals surface area contributed by atoms with Gasteiger partial charge in [0, 0.05) is 19.8 Å². The molecule has 1 N–H and O–H groups in total. The van der Waals surface area contributed by atoms with Crippen molar-refractivity contribution >= 4 is 27.2 Å². The first-order chi connectivity index (χ1) is 13.3. The van der Waals surface area contributed by atoms with Gasteiger partial charge in [-0.05, 0) is 60.8 Å². The number of nitrogens with zero attached hydrogens (tertiary/aromatic N) is 3. The summed E-state index contributed by atoms with van der Waals surface area (Å²) in [5.74, 6) is -0.603.